The quantitative estimate of drug-likeness (QED) is 0.212. The molecule has 11 heteroatoms. The van der Waals surface area contributed by atoms with Crippen molar-refractivity contribution in [3.63, 3.8) is 0 Å². The van der Waals surface area contributed by atoms with Gasteiger partial charge in [-0.2, -0.15) is 5.10 Å². The number of hydrogen-bond donors (Lipinski definition) is 3. The second-order valence-corrected chi connectivity index (χ2v) is 10.3. The highest BCUT2D eigenvalue weighted by Gasteiger charge is 2.40. The van der Waals surface area contributed by atoms with Gasteiger partial charge in [0.05, 0.1) is 31.6 Å². The number of esters is 1. The number of benzene rings is 1. The number of aliphatic hydroxyl groups excluding tert-OH is 1. The molecule has 0 spiro atoms. The Balaban J connectivity index is 0.000000332. The fourth-order valence-electron chi connectivity index (χ4n) is 4.48. The van der Waals surface area contributed by atoms with Crippen molar-refractivity contribution in [2.75, 3.05) is 26.8 Å². The van der Waals surface area contributed by atoms with Crippen LogP contribution >= 0.6 is 0 Å². The van der Waals surface area contributed by atoms with Gasteiger partial charge in [0.2, 0.25) is 11.7 Å². The lowest BCUT2D eigenvalue weighted by atomic mass is 10.1. The van der Waals surface area contributed by atoms with Crippen molar-refractivity contribution in [1.82, 2.24) is 25.4 Å². The number of rotatable bonds is 12. The van der Waals surface area contributed by atoms with Crippen LogP contribution in [-0.4, -0.2) is 70.9 Å². The van der Waals surface area contributed by atoms with E-state index < -0.39 is 11.9 Å². The van der Waals surface area contributed by atoms with Gasteiger partial charge in [-0.25, -0.2) is 4.98 Å². The predicted octanol–water partition coefficient (Wildman–Crippen LogP) is 4.11. The van der Waals surface area contributed by atoms with E-state index in [2.05, 4.69) is 41.6 Å². The zero-order valence-electron chi connectivity index (χ0n) is 25.0. The summed E-state index contributed by atoms with van der Waals surface area (Å²) in [4.78, 5) is 38.8. The highest BCUT2D eigenvalue weighted by molar-refractivity contribution is 5.93. The summed E-state index contributed by atoms with van der Waals surface area (Å²) in [5.74, 6) is 1.15. The summed E-state index contributed by atoms with van der Waals surface area (Å²) in [6.07, 6.45) is 9.14. The number of nitrogens with one attached hydrogen (secondary N) is 2. The smallest absolute Gasteiger partial charge is 0.325 e. The number of aliphatic hydroxyl groups is 1. The Bertz CT molecular complexity index is 1280. The maximum atomic E-state index is 12.1. The van der Waals surface area contributed by atoms with Crippen molar-refractivity contribution in [3.05, 3.63) is 48.0 Å². The van der Waals surface area contributed by atoms with Crippen LogP contribution < -0.4 is 10.6 Å². The average Bonchev–Trinajstić information content (AvgIpc) is 3.92. The number of aromatic nitrogens is 3. The van der Waals surface area contributed by atoms with Crippen molar-refractivity contribution < 1.29 is 28.6 Å². The summed E-state index contributed by atoms with van der Waals surface area (Å²) in [7, 11) is 2.11. The first-order valence-corrected chi connectivity index (χ1v) is 14.7. The number of ether oxygens (including phenoxy) is 1. The molecule has 0 radical (unpaired) electrons. The van der Waals surface area contributed by atoms with Crippen LogP contribution in [0.4, 0.5) is 0 Å². The first-order chi connectivity index (χ1) is 20.4. The molecule has 3 aromatic rings. The van der Waals surface area contributed by atoms with E-state index in [-0.39, 0.29) is 38.0 Å². The number of carbonyl (C=O) groups excluding carboxylic acids is 3. The highest BCUT2D eigenvalue weighted by atomic mass is 16.5. The number of amides is 1. The van der Waals surface area contributed by atoms with Crippen LogP contribution in [0.3, 0.4) is 0 Å². The van der Waals surface area contributed by atoms with Gasteiger partial charge in [-0.05, 0) is 69.7 Å². The van der Waals surface area contributed by atoms with Crippen LogP contribution in [-0.2, 0) is 16.1 Å². The van der Waals surface area contributed by atoms with Gasteiger partial charge in [0, 0.05) is 17.2 Å². The Labute approximate surface area is 247 Å². The molecule has 5 rings (SSSR count). The minimum Gasteiger partial charge on any atom is -0.465 e. The Hall–Kier alpha value is -3.83. The van der Waals surface area contributed by atoms with Gasteiger partial charge in [0.25, 0.3) is 5.91 Å². The van der Waals surface area contributed by atoms with Gasteiger partial charge in [-0.15, -0.1) is 0 Å². The molecule has 1 aromatic carbocycles. The number of aldehydes is 1. The molecule has 3 N–H and O–H groups in total. The van der Waals surface area contributed by atoms with Gasteiger partial charge in [-0.3, -0.25) is 19.1 Å². The molecule has 11 nitrogen and oxygen atoms in total. The van der Waals surface area contributed by atoms with Crippen molar-refractivity contribution in [3.8, 4) is 22.7 Å². The zero-order chi connectivity index (χ0) is 30.5. The molecule has 2 aromatic heterocycles. The minimum atomic E-state index is -0.587. The van der Waals surface area contributed by atoms with Gasteiger partial charge in [0.15, 0.2) is 6.29 Å². The Morgan fingerprint density at radius 1 is 1.14 bits per heavy atom. The third-order valence-corrected chi connectivity index (χ3v) is 6.67. The summed E-state index contributed by atoms with van der Waals surface area (Å²) in [6.45, 7) is 5.95. The fraction of sp³-hybridized carbons (Fsp3) is 0.516. The largest absolute Gasteiger partial charge is 0.465 e. The van der Waals surface area contributed by atoms with Crippen molar-refractivity contribution in [2.24, 2.45) is 11.8 Å². The summed E-state index contributed by atoms with van der Waals surface area (Å²) in [5.41, 5.74) is 2.20. The fourth-order valence-corrected chi connectivity index (χ4v) is 4.48. The number of nitrogens with zero attached hydrogens (tertiary/aromatic N) is 3. The molecule has 1 amide bonds. The van der Waals surface area contributed by atoms with E-state index in [4.69, 9.17) is 14.3 Å². The molecule has 2 aliphatic rings. The molecule has 0 saturated heterocycles. The number of oxazole rings is 1. The molecular formula is C31H43N5O6. The molecule has 2 heterocycles. The third kappa shape index (κ3) is 9.63. The maximum absolute atomic E-state index is 12.1. The Morgan fingerprint density at radius 2 is 1.81 bits per heavy atom. The lowest BCUT2D eigenvalue weighted by Crippen LogP contribution is -2.30. The molecule has 0 unspecified atom stereocenters. The molecular weight excluding hydrogens is 538 g/mol. The minimum absolute atomic E-state index is 0.0461. The summed E-state index contributed by atoms with van der Waals surface area (Å²) in [5, 5.41) is 19.3. The SMILES string of the molecule is CCC.CCOC(=O)CNC(=O)c1cnc(-c2cccc(-c3cc(C=O)n(CCO)n3)c2)o1.CNC(C1CC1)C1CC1. The topological polar surface area (TPSA) is 149 Å². The highest BCUT2D eigenvalue weighted by Crippen LogP contribution is 2.44. The normalized spacial score (nSPS) is 13.9. The molecule has 228 valence electrons. The number of carbonyl (C=O) groups is 3. The first kappa shape index (κ1) is 32.7. The van der Waals surface area contributed by atoms with Crippen LogP contribution in [0.5, 0.6) is 0 Å². The molecule has 0 aliphatic heterocycles. The van der Waals surface area contributed by atoms with Crippen LogP contribution in [0.2, 0.25) is 0 Å². The van der Waals surface area contributed by atoms with Crippen molar-refractivity contribution in [2.45, 2.75) is 65.5 Å². The second kappa shape index (κ2) is 16.6. The Kier molecular flexibility index (Phi) is 12.9. The monoisotopic (exact) mass is 581 g/mol. The van der Waals surface area contributed by atoms with Crippen LogP contribution in [0.15, 0.2) is 40.9 Å². The van der Waals surface area contributed by atoms with Gasteiger partial charge in [-0.1, -0.05) is 32.4 Å². The van der Waals surface area contributed by atoms with Crippen LogP contribution in [0, 0.1) is 11.8 Å². The molecule has 42 heavy (non-hydrogen) atoms. The molecule has 0 bridgehead atoms. The van der Waals surface area contributed by atoms with E-state index >= 15 is 0 Å². The van der Waals surface area contributed by atoms with Gasteiger partial charge in [0.1, 0.15) is 12.2 Å². The summed E-state index contributed by atoms with van der Waals surface area (Å²) in [6, 6.07) is 9.59. The standard InChI is InChI=1S/C20H20N4O6.C8H15N.C3H8/c1-2-29-18(27)11-21-19(28)17-10-22-20(30-17)14-5-3-4-13(8-14)16-9-15(12-26)24(23-16)6-7-25;1-9-8(6-2-3-6)7-4-5-7;1-3-2/h3-5,8-10,12,25H,2,6-7,11H2,1H3,(H,21,28);6-9H,2-5H2,1H3;3H2,1-2H3. The van der Waals surface area contributed by atoms with Gasteiger partial charge >= 0.3 is 5.97 Å². The van der Waals surface area contributed by atoms with Crippen LogP contribution in [0.25, 0.3) is 22.7 Å². The third-order valence-electron chi connectivity index (χ3n) is 6.67. The Morgan fingerprint density at radius 3 is 2.38 bits per heavy atom. The van der Waals surface area contributed by atoms with Crippen LogP contribution in [0.1, 0.15) is 73.9 Å². The molecule has 2 saturated carbocycles. The van der Waals surface area contributed by atoms with E-state index in [1.54, 1.807) is 37.3 Å². The molecule has 2 fully saturated rings. The average molecular weight is 582 g/mol. The van der Waals surface area contributed by atoms with E-state index in [1.807, 2.05) is 0 Å². The van der Waals surface area contributed by atoms with E-state index in [0.29, 0.717) is 28.8 Å². The second-order valence-electron chi connectivity index (χ2n) is 10.3. The lowest BCUT2D eigenvalue weighted by molar-refractivity contribution is -0.141. The van der Waals surface area contributed by atoms with E-state index in [9.17, 15) is 14.4 Å². The molecule has 0 atom stereocenters. The van der Waals surface area contributed by atoms with Gasteiger partial charge < -0.3 is 24.9 Å². The first-order valence-electron chi connectivity index (χ1n) is 14.7. The molecule has 2 aliphatic carbocycles. The summed E-state index contributed by atoms with van der Waals surface area (Å²) < 4.78 is 11.7. The van der Waals surface area contributed by atoms with E-state index in [1.165, 1.54) is 43.0 Å². The van der Waals surface area contributed by atoms with Crippen molar-refractivity contribution in [1.29, 1.82) is 0 Å². The zero-order valence-corrected chi connectivity index (χ0v) is 25.0. The van der Waals surface area contributed by atoms with Crippen molar-refractivity contribution >= 4 is 18.2 Å². The van der Waals surface area contributed by atoms with E-state index in [0.717, 1.165) is 17.9 Å². The summed E-state index contributed by atoms with van der Waals surface area (Å²) >= 11 is 0. The lowest BCUT2D eigenvalue weighted by Gasteiger charge is -2.12. The predicted molar refractivity (Wildman–Crippen MR) is 159 cm³/mol. The maximum Gasteiger partial charge on any atom is 0.325 e. The number of hydrogen-bond acceptors (Lipinski definition) is 9.